The number of carbonyl (C=O) groups excluding carboxylic acids is 1. The van der Waals surface area contributed by atoms with E-state index in [1.165, 1.54) is 28.2 Å². The molecule has 1 N–H and O–H groups in total. The van der Waals surface area contributed by atoms with Crippen LogP contribution in [-0.2, 0) is 6.54 Å². The molecule has 3 rings (SSSR count). The second-order valence-corrected chi connectivity index (χ2v) is 7.73. The molecule has 0 spiro atoms. The smallest absolute Gasteiger partial charge is 0.318 e. The molecule has 1 aromatic heterocycles. The van der Waals surface area contributed by atoms with Gasteiger partial charge in [0.05, 0.1) is 12.6 Å². The molecule has 0 aliphatic heterocycles. The van der Waals surface area contributed by atoms with E-state index in [1.54, 1.807) is 11.3 Å². The van der Waals surface area contributed by atoms with Gasteiger partial charge in [-0.3, -0.25) is 0 Å². The van der Waals surface area contributed by atoms with Gasteiger partial charge in [-0.25, -0.2) is 4.79 Å². The van der Waals surface area contributed by atoms with Crippen molar-refractivity contribution in [3.63, 3.8) is 0 Å². The first-order valence-electron chi connectivity index (χ1n) is 8.28. The fourth-order valence-electron chi connectivity index (χ4n) is 2.75. The quantitative estimate of drug-likeness (QED) is 0.816. The molecular weight excluding hydrogens is 304 g/mol. The lowest BCUT2D eigenvalue weighted by molar-refractivity contribution is 0.175. The number of nitrogens with zero attached hydrogens (tertiary/aromatic N) is 1. The van der Waals surface area contributed by atoms with Crippen molar-refractivity contribution < 1.29 is 4.79 Å². The van der Waals surface area contributed by atoms with Crippen molar-refractivity contribution in [2.24, 2.45) is 5.92 Å². The molecule has 3 nitrogen and oxygen atoms in total. The molecule has 1 aromatic carbocycles. The molecular formula is C19H24N2OS. The Morgan fingerprint density at radius 2 is 2.00 bits per heavy atom. The lowest BCUT2D eigenvalue weighted by Gasteiger charge is -2.30. The molecule has 23 heavy (non-hydrogen) atoms. The number of urea groups is 1. The summed E-state index contributed by atoms with van der Waals surface area (Å²) in [7, 11) is 0. The number of hydrogen-bond acceptors (Lipinski definition) is 2. The van der Waals surface area contributed by atoms with Crippen LogP contribution in [0.4, 0.5) is 4.79 Å². The largest absolute Gasteiger partial charge is 0.333 e. The first-order chi connectivity index (χ1) is 11.1. The highest BCUT2D eigenvalue weighted by Gasteiger charge is 2.30. The van der Waals surface area contributed by atoms with E-state index < -0.39 is 0 Å². The Bertz CT molecular complexity index is 648. The zero-order chi connectivity index (χ0) is 16.2. The third-order valence-corrected chi connectivity index (χ3v) is 5.37. The predicted molar refractivity (Wildman–Crippen MR) is 95.6 cm³/mol. The average molecular weight is 328 g/mol. The van der Waals surface area contributed by atoms with Gasteiger partial charge in [0.15, 0.2) is 0 Å². The zero-order valence-electron chi connectivity index (χ0n) is 13.8. The molecule has 0 radical (unpaired) electrons. The standard InChI is InChI=1S/C19H24N2OS/c1-14-8-11-18(23-14)12-20-19(22)21(13-16-9-10-16)15(2)17-6-4-3-5-7-17/h3-8,11,15-16H,9-10,12-13H2,1-2H3,(H,20,22). The van der Waals surface area contributed by atoms with E-state index in [-0.39, 0.29) is 12.1 Å². The van der Waals surface area contributed by atoms with Gasteiger partial charge < -0.3 is 10.2 Å². The van der Waals surface area contributed by atoms with Gasteiger partial charge in [-0.1, -0.05) is 30.3 Å². The highest BCUT2D eigenvalue weighted by atomic mass is 32.1. The minimum absolute atomic E-state index is 0.0410. The third kappa shape index (κ3) is 4.35. The molecule has 1 unspecified atom stereocenters. The molecule has 2 amide bonds. The maximum atomic E-state index is 12.7. The van der Waals surface area contributed by atoms with Gasteiger partial charge >= 0.3 is 6.03 Å². The van der Waals surface area contributed by atoms with E-state index in [4.69, 9.17) is 0 Å². The summed E-state index contributed by atoms with van der Waals surface area (Å²) in [5, 5.41) is 3.09. The zero-order valence-corrected chi connectivity index (χ0v) is 14.6. The normalized spacial score (nSPS) is 15.2. The van der Waals surface area contributed by atoms with Crippen LogP contribution >= 0.6 is 11.3 Å². The molecule has 1 atom stereocenters. The fraction of sp³-hybridized carbons (Fsp3) is 0.421. The Balaban J connectivity index is 1.66. The Hall–Kier alpha value is -1.81. The summed E-state index contributed by atoms with van der Waals surface area (Å²) in [5.41, 5.74) is 1.19. The monoisotopic (exact) mass is 328 g/mol. The summed E-state index contributed by atoms with van der Waals surface area (Å²) in [6.07, 6.45) is 2.49. The molecule has 1 heterocycles. The number of rotatable bonds is 6. The summed E-state index contributed by atoms with van der Waals surface area (Å²) in [5.74, 6) is 0.677. The van der Waals surface area contributed by atoms with Crippen LogP contribution in [0.25, 0.3) is 0 Å². The van der Waals surface area contributed by atoms with E-state index in [0.29, 0.717) is 12.5 Å². The molecule has 4 heteroatoms. The lowest BCUT2D eigenvalue weighted by atomic mass is 10.1. The van der Waals surface area contributed by atoms with Crippen LogP contribution in [0.1, 0.15) is 41.1 Å². The van der Waals surface area contributed by atoms with Crippen LogP contribution in [0.3, 0.4) is 0 Å². The number of nitrogens with one attached hydrogen (secondary N) is 1. The number of hydrogen-bond donors (Lipinski definition) is 1. The van der Waals surface area contributed by atoms with Crippen LogP contribution in [0.5, 0.6) is 0 Å². The van der Waals surface area contributed by atoms with Crippen molar-refractivity contribution >= 4 is 17.4 Å². The fourth-order valence-corrected chi connectivity index (χ4v) is 3.58. The van der Waals surface area contributed by atoms with Gasteiger partial charge in [-0.2, -0.15) is 0 Å². The Morgan fingerprint density at radius 3 is 2.61 bits per heavy atom. The molecule has 1 aliphatic rings. The molecule has 1 fully saturated rings. The number of thiophene rings is 1. The van der Waals surface area contributed by atoms with Gasteiger partial charge in [-0.05, 0) is 50.3 Å². The first-order valence-corrected chi connectivity index (χ1v) is 9.10. The number of benzene rings is 1. The Morgan fingerprint density at radius 1 is 1.26 bits per heavy atom. The van der Waals surface area contributed by atoms with E-state index in [1.807, 2.05) is 23.1 Å². The van der Waals surface area contributed by atoms with Crippen molar-refractivity contribution in [3.8, 4) is 0 Å². The van der Waals surface area contributed by atoms with Crippen molar-refractivity contribution in [2.45, 2.75) is 39.3 Å². The van der Waals surface area contributed by atoms with Crippen LogP contribution in [0.15, 0.2) is 42.5 Å². The molecule has 2 aromatic rings. The number of aryl methyl sites for hydroxylation is 1. The number of carbonyl (C=O) groups is 1. The highest BCUT2D eigenvalue weighted by Crippen LogP contribution is 2.32. The summed E-state index contributed by atoms with van der Waals surface area (Å²) < 4.78 is 0. The van der Waals surface area contributed by atoms with Crippen LogP contribution in [0, 0.1) is 12.8 Å². The van der Waals surface area contributed by atoms with Gasteiger partial charge in [0, 0.05) is 16.3 Å². The molecule has 0 saturated heterocycles. The minimum Gasteiger partial charge on any atom is -0.333 e. The highest BCUT2D eigenvalue weighted by molar-refractivity contribution is 7.11. The molecule has 1 saturated carbocycles. The van der Waals surface area contributed by atoms with E-state index >= 15 is 0 Å². The molecule has 0 bridgehead atoms. The maximum absolute atomic E-state index is 12.7. The van der Waals surface area contributed by atoms with E-state index in [0.717, 1.165) is 6.54 Å². The Kier molecular flexibility index (Phi) is 5.01. The van der Waals surface area contributed by atoms with Crippen LogP contribution in [-0.4, -0.2) is 17.5 Å². The van der Waals surface area contributed by atoms with Crippen molar-refractivity contribution in [1.82, 2.24) is 10.2 Å². The van der Waals surface area contributed by atoms with Gasteiger partial charge in [0.1, 0.15) is 0 Å². The number of amides is 2. The van der Waals surface area contributed by atoms with Crippen LogP contribution in [0.2, 0.25) is 0 Å². The summed E-state index contributed by atoms with van der Waals surface area (Å²) in [4.78, 5) is 17.2. The van der Waals surface area contributed by atoms with E-state index in [9.17, 15) is 4.79 Å². The predicted octanol–water partition coefficient (Wildman–Crippen LogP) is 4.74. The summed E-state index contributed by atoms with van der Waals surface area (Å²) in [6.45, 7) is 5.67. The van der Waals surface area contributed by atoms with Crippen molar-refractivity contribution in [2.75, 3.05) is 6.54 Å². The van der Waals surface area contributed by atoms with Crippen molar-refractivity contribution in [3.05, 3.63) is 57.8 Å². The first kappa shape index (κ1) is 16.1. The van der Waals surface area contributed by atoms with Gasteiger partial charge in [-0.15, -0.1) is 11.3 Å². The van der Waals surface area contributed by atoms with E-state index in [2.05, 4.69) is 43.4 Å². The third-order valence-electron chi connectivity index (χ3n) is 4.37. The lowest BCUT2D eigenvalue weighted by Crippen LogP contribution is -2.42. The molecule has 122 valence electrons. The second-order valence-electron chi connectivity index (χ2n) is 6.35. The van der Waals surface area contributed by atoms with Gasteiger partial charge in [0.25, 0.3) is 0 Å². The van der Waals surface area contributed by atoms with Crippen molar-refractivity contribution in [1.29, 1.82) is 0 Å². The minimum atomic E-state index is 0.0410. The summed E-state index contributed by atoms with van der Waals surface area (Å²) in [6, 6.07) is 14.6. The maximum Gasteiger partial charge on any atom is 0.318 e. The van der Waals surface area contributed by atoms with Gasteiger partial charge in [0.2, 0.25) is 0 Å². The average Bonchev–Trinajstić information content (AvgIpc) is 3.30. The van der Waals surface area contributed by atoms with Crippen LogP contribution < -0.4 is 5.32 Å². The summed E-state index contributed by atoms with van der Waals surface area (Å²) >= 11 is 1.74. The Labute approximate surface area is 142 Å². The second kappa shape index (κ2) is 7.18. The molecule has 1 aliphatic carbocycles. The topological polar surface area (TPSA) is 32.3 Å². The SMILES string of the molecule is Cc1ccc(CNC(=O)N(CC2CC2)C(C)c2ccccc2)s1.